The molecule has 2 N–H and O–H groups in total. The molecule has 0 aliphatic heterocycles. The minimum absolute atomic E-state index is 0.295. The van der Waals surface area contributed by atoms with Crippen molar-refractivity contribution in [2.45, 2.75) is 6.04 Å². The van der Waals surface area contributed by atoms with Gasteiger partial charge in [-0.1, -0.05) is 35.1 Å². The Kier molecular flexibility index (Phi) is 3.57. The average molecular weight is 342 g/mol. The Balaban J connectivity index is 1.78. The summed E-state index contributed by atoms with van der Waals surface area (Å²) >= 11 is 7.56. The first kappa shape index (κ1) is 14.3. The van der Waals surface area contributed by atoms with Crippen molar-refractivity contribution in [1.82, 2.24) is 19.6 Å². The highest BCUT2D eigenvalue weighted by molar-refractivity contribution is 7.16. The quantitative estimate of drug-likeness (QED) is 0.618. The summed E-state index contributed by atoms with van der Waals surface area (Å²) in [6, 6.07) is 11.1. The highest BCUT2D eigenvalue weighted by Gasteiger charge is 2.17. The van der Waals surface area contributed by atoms with Gasteiger partial charge in [0.1, 0.15) is 5.01 Å². The van der Waals surface area contributed by atoms with E-state index in [4.69, 9.17) is 17.3 Å². The van der Waals surface area contributed by atoms with Crippen LogP contribution in [0.3, 0.4) is 0 Å². The summed E-state index contributed by atoms with van der Waals surface area (Å²) in [6.07, 6.45) is 5.25. The smallest absolute Gasteiger partial charge is 0.212 e. The number of nitrogens with zero attached hydrogens (tertiary/aromatic N) is 4. The van der Waals surface area contributed by atoms with Crippen molar-refractivity contribution in [3.05, 3.63) is 70.6 Å². The number of hydrogen-bond acceptors (Lipinski definition) is 5. The number of benzene rings is 1. The third kappa shape index (κ3) is 2.61. The van der Waals surface area contributed by atoms with E-state index in [1.807, 2.05) is 40.9 Å². The molecule has 0 fully saturated rings. The number of fused-ring (bicyclic) bond motifs is 1. The molecule has 0 saturated carbocycles. The summed E-state index contributed by atoms with van der Waals surface area (Å²) in [5, 5.41) is 6.13. The molecule has 0 amide bonds. The fraction of sp³-hybridized carbons (Fsp3) is 0.0625. The molecule has 23 heavy (non-hydrogen) atoms. The molecule has 5 nitrogen and oxygen atoms in total. The predicted octanol–water partition coefficient (Wildman–Crippen LogP) is 3.55. The van der Waals surface area contributed by atoms with Gasteiger partial charge in [-0.15, -0.1) is 0 Å². The number of hydrogen-bond donors (Lipinski definition) is 1. The van der Waals surface area contributed by atoms with Crippen LogP contribution in [0.5, 0.6) is 0 Å². The fourth-order valence-electron chi connectivity index (χ4n) is 2.39. The zero-order valence-corrected chi connectivity index (χ0v) is 13.5. The average Bonchev–Trinajstić information content (AvgIpc) is 3.15. The van der Waals surface area contributed by atoms with Gasteiger partial charge in [0, 0.05) is 23.0 Å². The third-order valence-corrected chi connectivity index (χ3v) is 4.79. The van der Waals surface area contributed by atoms with Gasteiger partial charge in [-0.25, -0.2) is 9.50 Å². The molecule has 4 aromatic rings. The number of pyridine rings is 1. The van der Waals surface area contributed by atoms with Crippen molar-refractivity contribution >= 4 is 27.9 Å². The van der Waals surface area contributed by atoms with E-state index in [9.17, 15) is 0 Å². The summed E-state index contributed by atoms with van der Waals surface area (Å²) in [5.41, 5.74) is 9.15. The van der Waals surface area contributed by atoms with Gasteiger partial charge >= 0.3 is 0 Å². The summed E-state index contributed by atoms with van der Waals surface area (Å²) in [7, 11) is 0. The molecule has 1 unspecified atom stereocenters. The summed E-state index contributed by atoms with van der Waals surface area (Å²) in [5.74, 6) is 0. The summed E-state index contributed by atoms with van der Waals surface area (Å²) in [6.45, 7) is 0. The highest BCUT2D eigenvalue weighted by atomic mass is 35.5. The molecule has 4 rings (SSSR count). The third-order valence-electron chi connectivity index (χ3n) is 3.55. The maximum absolute atomic E-state index is 6.31. The van der Waals surface area contributed by atoms with Gasteiger partial charge in [-0.2, -0.15) is 5.10 Å². The minimum Gasteiger partial charge on any atom is -0.318 e. The predicted molar refractivity (Wildman–Crippen MR) is 91.6 cm³/mol. The van der Waals surface area contributed by atoms with Crippen LogP contribution in [0.15, 0.2) is 55.0 Å². The molecular weight excluding hydrogens is 330 g/mol. The summed E-state index contributed by atoms with van der Waals surface area (Å²) < 4.78 is 1.81. The minimum atomic E-state index is -0.295. The van der Waals surface area contributed by atoms with Crippen molar-refractivity contribution < 1.29 is 0 Å². The second-order valence-electron chi connectivity index (χ2n) is 5.05. The van der Waals surface area contributed by atoms with Crippen LogP contribution in [0.4, 0.5) is 0 Å². The number of imidazole rings is 1. The van der Waals surface area contributed by atoms with E-state index in [0.29, 0.717) is 5.02 Å². The van der Waals surface area contributed by atoms with E-state index in [1.165, 1.54) is 11.3 Å². The molecule has 0 bridgehead atoms. The molecule has 0 aliphatic carbocycles. The van der Waals surface area contributed by atoms with Crippen molar-refractivity contribution in [3.63, 3.8) is 0 Å². The van der Waals surface area contributed by atoms with E-state index in [-0.39, 0.29) is 6.04 Å². The Hall–Kier alpha value is -2.28. The molecule has 3 aromatic heterocycles. The largest absolute Gasteiger partial charge is 0.318 e. The molecular formula is C16H12ClN5S. The van der Waals surface area contributed by atoms with E-state index in [1.54, 1.807) is 18.6 Å². The molecule has 3 heterocycles. The van der Waals surface area contributed by atoms with Crippen LogP contribution >= 0.6 is 22.9 Å². The van der Waals surface area contributed by atoms with Crippen LogP contribution in [0.25, 0.3) is 16.2 Å². The lowest BCUT2D eigenvalue weighted by Crippen LogP contribution is -2.12. The molecule has 7 heteroatoms. The SMILES string of the molecule is NC(c1ccncc1)c1nn2c(-c3cccc(Cl)c3)cnc2s1. The van der Waals surface area contributed by atoms with Crippen LogP contribution in [-0.4, -0.2) is 19.6 Å². The van der Waals surface area contributed by atoms with Crippen LogP contribution < -0.4 is 5.73 Å². The lowest BCUT2D eigenvalue weighted by atomic mass is 10.1. The molecule has 1 aromatic carbocycles. The summed E-state index contributed by atoms with van der Waals surface area (Å²) in [4.78, 5) is 9.25. The standard InChI is InChI=1S/C16H12ClN5S/c17-12-3-1-2-11(8-12)13-9-20-16-22(13)21-15(23-16)14(18)10-4-6-19-7-5-10/h1-9,14H,18H2. The van der Waals surface area contributed by atoms with Gasteiger partial charge < -0.3 is 5.73 Å². The fourth-order valence-corrected chi connectivity index (χ4v) is 3.49. The molecule has 0 aliphatic rings. The lowest BCUT2D eigenvalue weighted by Gasteiger charge is -2.07. The maximum atomic E-state index is 6.31. The molecule has 114 valence electrons. The first-order valence-electron chi connectivity index (χ1n) is 6.98. The van der Waals surface area contributed by atoms with Crippen molar-refractivity contribution in [3.8, 4) is 11.3 Å². The Morgan fingerprint density at radius 3 is 2.78 bits per heavy atom. The van der Waals surface area contributed by atoms with Gasteiger partial charge in [0.05, 0.1) is 17.9 Å². The number of halogens is 1. The van der Waals surface area contributed by atoms with Gasteiger partial charge in [0.15, 0.2) is 0 Å². The number of nitrogens with two attached hydrogens (primary N) is 1. The monoisotopic (exact) mass is 341 g/mol. The molecule has 0 radical (unpaired) electrons. The van der Waals surface area contributed by atoms with Gasteiger partial charge in [0.2, 0.25) is 4.96 Å². The Morgan fingerprint density at radius 1 is 1.17 bits per heavy atom. The van der Waals surface area contributed by atoms with Gasteiger partial charge in [0.25, 0.3) is 0 Å². The second-order valence-corrected chi connectivity index (χ2v) is 6.47. The van der Waals surface area contributed by atoms with Crippen molar-refractivity contribution in [2.75, 3.05) is 0 Å². The van der Waals surface area contributed by atoms with Gasteiger partial charge in [-0.05, 0) is 29.8 Å². The van der Waals surface area contributed by atoms with Crippen LogP contribution in [0.2, 0.25) is 5.02 Å². The van der Waals surface area contributed by atoms with E-state index < -0.39 is 0 Å². The Labute approximate surface area is 141 Å². The van der Waals surface area contributed by atoms with Crippen molar-refractivity contribution in [1.29, 1.82) is 0 Å². The topological polar surface area (TPSA) is 69.1 Å². The zero-order valence-electron chi connectivity index (χ0n) is 11.9. The van der Waals surface area contributed by atoms with Crippen molar-refractivity contribution in [2.24, 2.45) is 5.73 Å². The first-order valence-corrected chi connectivity index (χ1v) is 8.18. The lowest BCUT2D eigenvalue weighted by molar-refractivity contribution is 0.807. The Morgan fingerprint density at radius 2 is 2.00 bits per heavy atom. The van der Waals surface area contributed by atoms with Gasteiger partial charge in [-0.3, -0.25) is 4.98 Å². The van der Waals surface area contributed by atoms with E-state index in [0.717, 1.165) is 26.8 Å². The van der Waals surface area contributed by atoms with E-state index in [2.05, 4.69) is 15.1 Å². The normalized spacial score (nSPS) is 12.6. The first-order chi connectivity index (χ1) is 11.2. The number of rotatable bonds is 3. The van der Waals surface area contributed by atoms with E-state index >= 15 is 0 Å². The van der Waals surface area contributed by atoms with Crippen LogP contribution in [0, 0.1) is 0 Å². The maximum Gasteiger partial charge on any atom is 0.212 e. The second kappa shape index (κ2) is 5.73. The highest BCUT2D eigenvalue weighted by Crippen LogP contribution is 2.29. The zero-order chi connectivity index (χ0) is 15.8. The molecule has 0 saturated heterocycles. The Bertz CT molecular complexity index is 963. The van der Waals surface area contributed by atoms with Crippen LogP contribution in [0.1, 0.15) is 16.6 Å². The van der Waals surface area contributed by atoms with Crippen LogP contribution in [-0.2, 0) is 0 Å². The molecule has 1 atom stereocenters. The number of aromatic nitrogens is 4. The molecule has 0 spiro atoms.